The minimum Gasteiger partial charge on any atom is -0.473 e. The van der Waals surface area contributed by atoms with Gasteiger partial charge in [0.25, 0.3) is 0 Å². The number of pyridine rings is 1. The van der Waals surface area contributed by atoms with E-state index in [-0.39, 0.29) is 24.8 Å². The molecule has 0 bridgehead atoms. The van der Waals surface area contributed by atoms with Crippen molar-refractivity contribution in [1.29, 1.82) is 0 Å². The Bertz CT molecular complexity index is 898. The zero-order valence-corrected chi connectivity index (χ0v) is 14.1. The van der Waals surface area contributed by atoms with Crippen LogP contribution in [0.3, 0.4) is 0 Å². The first-order chi connectivity index (χ1) is 12.9. The Morgan fingerprint density at radius 3 is 2.37 bits per heavy atom. The molecule has 0 amide bonds. The van der Waals surface area contributed by atoms with Gasteiger partial charge in [-0.3, -0.25) is 0 Å². The third-order valence-electron chi connectivity index (χ3n) is 3.64. The number of aliphatic hydroxyl groups is 1. The van der Waals surface area contributed by atoms with Gasteiger partial charge in [-0.25, -0.2) is 4.98 Å². The van der Waals surface area contributed by atoms with Crippen LogP contribution in [-0.4, -0.2) is 16.5 Å². The molecule has 0 aliphatic rings. The molecule has 0 fully saturated rings. The molecule has 0 aliphatic carbocycles. The molecule has 1 aromatic heterocycles. The highest BCUT2D eigenvalue weighted by atomic mass is 19.4. The lowest BCUT2D eigenvalue weighted by Gasteiger charge is -2.12. The Morgan fingerprint density at radius 2 is 1.67 bits per heavy atom. The van der Waals surface area contributed by atoms with E-state index in [1.54, 1.807) is 18.2 Å². The lowest BCUT2D eigenvalue weighted by atomic mass is 10.1. The zero-order valence-electron chi connectivity index (χ0n) is 14.1. The molecule has 3 aromatic rings. The predicted octanol–water partition coefficient (Wildman–Crippen LogP) is 4.72. The monoisotopic (exact) mass is 375 g/mol. The van der Waals surface area contributed by atoms with Gasteiger partial charge < -0.3 is 14.6 Å². The van der Waals surface area contributed by atoms with Gasteiger partial charge in [-0.1, -0.05) is 42.5 Å². The summed E-state index contributed by atoms with van der Waals surface area (Å²) in [5.41, 5.74) is 2.26. The predicted molar refractivity (Wildman–Crippen MR) is 93.1 cm³/mol. The van der Waals surface area contributed by atoms with Crippen LogP contribution in [0, 0.1) is 0 Å². The van der Waals surface area contributed by atoms with E-state index in [1.807, 2.05) is 30.3 Å². The van der Waals surface area contributed by atoms with Crippen molar-refractivity contribution < 1.29 is 27.8 Å². The Labute approximate surface area is 153 Å². The Balaban J connectivity index is 1.86. The van der Waals surface area contributed by atoms with Crippen LogP contribution in [0.25, 0.3) is 11.3 Å². The molecule has 0 saturated heterocycles. The molecule has 140 valence electrons. The van der Waals surface area contributed by atoms with Gasteiger partial charge in [0.2, 0.25) is 5.88 Å². The highest BCUT2D eigenvalue weighted by Gasteiger charge is 2.31. The number of rotatable bonds is 6. The van der Waals surface area contributed by atoms with Gasteiger partial charge >= 0.3 is 6.36 Å². The Kier molecular flexibility index (Phi) is 5.61. The Morgan fingerprint density at radius 1 is 0.889 bits per heavy atom. The normalized spacial score (nSPS) is 11.3. The van der Waals surface area contributed by atoms with Crippen LogP contribution in [-0.2, 0) is 13.2 Å². The van der Waals surface area contributed by atoms with Crippen LogP contribution < -0.4 is 9.47 Å². The first kappa shape index (κ1) is 18.7. The van der Waals surface area contributed by atoms with E-state index in [0.29, 0.717) is 16.8 Å². The number of aromatic nitrogens is 1. The van der Waals surface area contributed by atoms with Crippen molar-refractivity contribution in [2.24, 2.45) is 0 Å². The smallest absolute Gasteiger partial charge is 0.473 e. The number of ether oxygens (including phenoxy) is 2. The van der Waals surface area contributed by atoms with E-state index < -0.39 is 6.36 Å². The van der Waals surface area contributed by atoms with Gasteiger partial charge in [0, 0.05) is 11.6 Å². The van der Waals surface area contributed by atoms with E-state index in [9.17, 15) is 18.3 Å². The third kappa shape index (κ3) is 5.46. The second-order valence-electron chi connectivity index (χ2n) is 5.71. The summed E-state index contributed by atoms with van der Waals surface area (Å²) < 4.78 is 46.9. The number of nitrogens with zero attached hydrogens (tertiary/aromatic N) is 1. The maximum absolute atomic E-state index is 12.4. The fourth-order valence-corrected chi connectivity index (χ4v) is 2.46. The molecule has 1 N–H and O–H groups in total. The molecule has 0 radical (unpaired) electrons. The minimum atomic E-state index is -4.77. The number of alkyl halides is 3. The van der Waals surface area contributed by atoms with Crippen LogP contribution in [0.2, 0.25) is 0 Å². The lowest BCUT2D eigenvalue weighted by Crippen LogP contribution is -2.17. The standard InChI is InChI=1S/C20H16F3NO3/c21-20(22,23)27-17-8-4-7-16(11-17)18-9-15(12-25)10-19(24-18)26-13-14-5-2-1-3-6-14/h1-11,25H,12-13H2. The molecule has 4 nitrogen and oxygen atoms in total. The summed E-state index contributed by atoms with van der Waals surface area (Å²) >= 11 is 0. The second-order valence-corrected chi connectivity index (χ2v) is 5.71. The molecule has 0 unspecified atom stereocenters. The maximum Gasteiger partial charge on any atom is 0.573 e. The van der Waals surface area contributed by atoms with E-state index >= 15 is 0 Å². The van der Waals surface area contributed by atoms with Crippen molar-refractivity contribution in [3.8, 4) is 22.9 Å². The first-order valence-corrected chi connectivity index (χ1v) is 8.08. The highest BCUT2D eigenvalue weighted by Crippen LogP contribution is 2.29. The second kappa shape index (κ2) is 8.09. The maximum atomic E-state index is 12.4. The van der Waals surface area contributed by atoms with Crippen molar-refractivity contribution >= 4 is 0 Å². The molecule has 27 heavy (non-hydrogen) atoms. The van der Waals surface area contributed by atoms with Crippen LogP contribution >= 0.6 is 0 Å². The Hall–Kier alpha value is -3.06. The average molecular weight is 375 g/mol. The highest BCUT2D eigenvalue weighted by molar-refractivity contribution is 5.62. The van der Waals surface area contributed by atoms with Crippen molar-refractivity contribution in [3.05, 3.63) is 77.9 Å². The summed E-state index contributed by atoms with van der Waals surface area (Å²) in [6.45, 7) is 0.0232. The van der Waals surface area contributed by atoms with E-state index in [4.69, 9.17) is 4.74 Å². The summed E-state index contributed by atoms with van der Waals surface area (Å²) in [4.78, 5) is 4.33. The molecule has 7 heteroatoms. The topological polar surface area (TPSA) is 51.6 Å². The zero-order chi connectivity index (χ0) is 19.3. The fourth-order valence-electron chi connectivity index (χ4n) is 2.46. The number of hydrogen-bond acceptors (Lipinski definition) is 4. The van der Waals surface area contributed by atoms with Gasteiger partial charge in [0.1, 0.15) is 12.4 Å². The van der Waals surface area contributed by atoms with E-state index in [0.717, 1.165) is 5.56 Å². The van der Waals surface area contributed by atoms with Crippen LogP contribution in [0.4, 0.5) is 13.2 Å². The molecule has 1 heterocycles. The summed E-state index contributed by atoms with van der Waals surface area (Å²) in [5, 5.41) is 9.47. The van der Waals surface area contributed by atoms with E-state index in [2.05, 4.69) is 9.72 Å². The minimum absolute atomic E-state index is 0.254. The molecule has 0 atom stereocenters. The number of hydrogen-bond donors (Lipinski definition) is 1. The van der Waals surface area contributed by atoms with Crippen molar-refractivity contribution in [1.82, 2.24) is 4.98 Å². The SMILES string of the molecule is OCc1cc(OCc2ccccc2)nc(-c2cccc(OC(F)(F)F)c2)c1. The van der Waals surface area contributed by atoms with Gasteiger partial charge in [0.05, 0.1) is 12.3 Å². The average Bonchev–Trinajstić information content (AvgIpc) is 2.66. The molecule has 2 aromatic carbocycles. The molecule has 0 spiro atoms. The fraction of sp³-hybridized carbons (Fsp3) is 0.150. The number of aliphatic hydroxyl groups excluding tert-OH is 1. The van der Waals surface area contributed by atoms with E-state index in [1.165, 1.54) is 18.2 Å². The molecular weight excluding hydrogens is 359 g/mol. The van der Waals surface area contributed by atoms with Crippen LogP contribution in [0.5, 0.6) is 11.6 Å². The molecule has 0 aliphatic heterocycles. The molecule has 3 rings (SSSR count). The van der Waals surface area contributed by atoms with Gasteiger partial charge in [-0.2, -0.15) is 0 Å². The van der Waals surface area contributed by atoms with Crippen LogP contribution in [0.1, 0.15) is 11.1 Å². The van der Waals surface area contributed by atoms with Crippen LogP contribution in [0.15, 0.2) is 66.7 Å². The summed E-state index contributed by atoms with van der Waals surface area (Å²) in [5.74, 6) is -0.0782. The summed E-state index contributed by atoms with van der Waals surface area (Å²) in [7, 11) is 0. The first-order valence-electron chi connectivity index (χ1n) is 8.08. The van der Waals surface area contributed by atoms with Crippen molar-refractivity contribution in [3.63, 3.8) is 0 Å². The molecular formula is C20H16F3NO3. The number of halogens is 3. The quantitative estimate of drug-likeness (QED) is 0.677. The van der Waals surface area contributed by atoms with Gasteiger partial charge in [0.15, 0.2) is 0 Å². The molecule has 0 saturated carbocycles. The number of benzene rings is 2. The summed E-state index contributed by atoms with van der Waals surface area (Å²) in [6.07, 6.45) is -4.77. The van der Waals surface area contributed by atoms with Crippen molar-refractivity contribution in [2.45, 2.75) is 19.6 Å². The summed E-state index contributed by atoms with van der Waals surface area (Å²) in [6, 6.07) is 18.1. The largest absolute Gasteiger partial charge is 0.573 e. The third-order valence-corrected chi connectivity index (χ3v) is 3.64. The van der Waals surface area contributed by atoms with Gasteiger partial charge in [-0.05, 0) is 29.3 Å². The lowest BCUT2D eigenvalue weighted by molar-refractivity contribution is -0.274. The van der Waals surface area contributed by atoms with Gasteiger partial charge in [-0.15, -0.1) is 13.2 Å². The van der Waals surface area contributed by atoms with Crippen molar-refractivity contribution in [2.75, 3.05) is 0 Å².